The maximum absolute atomic E-state index is 13.1. The van der Waals surface area contributed by atoms with Crippen LogP contribution in [-0.2, 0) is 4.79 Å². The molecule has 0 spiro atoms. The molecule has 19 heteroatoms. The van der Waals surface area contributed by atoms with Crippen molar-refractivity contribution in [3.05, 3.63) is 11.7 Å². The molecular formula is C10HF17O2. The third kappa shape index (κ3) is 3.44. The van der Waals surface area contributed by atoms with Crippen LogP contribution in [0.4, 0.5) is 74.6 Å². The highest BCUT2D eigenvalue weighted by molar-refractivity contribution is 5.84. The molecule has 0 heterocycles. The molecule has 0 atom stereocenters. The first kappa shape index (κ1) is 27.0. The van der Waals surface area contributed by atoms with Crippen LogP contribution in [0.25, 0.3) is 0 Å². The van der Waals surface area contributed by atoms with Gasteiger partial charge in [-0.2, -0.15) is 70.2 Å². The summed E-state index contributed by atoms with van der Waals surface area (Å²) in [5.41, 5.74) is 0. The van der Waals surface area contributed by atoms with E-state index in [4.69, 9.17) is 5.11 Å². The molecule has 0 aromatic carbocycles. The predicted molar refractivity (Wildman–Crippen MR) is 52.6 cm³/mol. The molecule has 0 rings (SSSR count). The fourth-order valence-corrected chi connectivity index (χ4v) is 1.34. The van der Waals surface area contributed by atoms with E-state index in [0.29, 0.717) is 0 Å². The molecule has 29 heavy (non-hydrogen) atoms. The second-order valence-corrected chi connectivity index (χ2v) is 4.88. The third-order valence-corrected chi connectivity index (χ3v) is 2.98. The average molecular weight is 476 g/mol. The van der Waals surface area contributed by atoms with Crippen LogP contribution in [0.2, 0.25) is 0 Å². The highest BCUT2D eigenvalue weighted by Gasteiger charge is 2.93. The summed E-state index contributed by atoms with van der Waals surface area (Å²) in [6.07, 6.45) is -7.81. The Hall–Kier alpha value is -1.98. The van der Waals surface area contributed by atoms with Crippen LogP contribution in [0, 0.1) is 0 Å². The SMILES string of the molecule is O=C(O)C(F)=C(F)C(F)(F)C(F)(F)C(F)(F)C(F)(F)C(F)(F)C(F)(F)C(F)(F)F. The van der Waals surface area contributed by atoms with Gasteiger partial charge >= 0.3 is 47.7 Å². The Balaban J connectivity index is 6.81. The molecule has 0 aromatic heterocycles. The van der Waals surface area contributed by atoms with Gasteiger partial charge in [-0.25, -0.2) is 9.18 Å². The number of carboxylic acid groups (broad SMARTS) is 1. The molecule has 0 bridgehead atoms. The molecule has 0 radical (unpaired) electrons. The summed E-state index contributed by atoms with van der Waals surface area (Å²) < 4.78 is 216. The molecule has 0 amide bonds. The maximum atomic E-state index is 13.1. The minimum atomic E-state index is -8.69. The topological polar surface area (TPSA) is 37.3 Å². The summed E-state index contributed by atoms with van der Waals surface area (Å²) in [4.78, 5) is 9.83. The fraction of sp³-hybridized carbons (Fsp3) is 0.700. The largest absolute Gasteiger partial charge is 0.476 e. The third-order valence-electron chi connectivity index (χ3n) is 2.98. The Morgan fingerprint density at radius 3 is 1.07 bits per heavy atom. The number of hydrogen-bond donors (Lipinski definition) is 1. The number of halogens is 17. The highest BCUT2D eigenvalue weighted by Crippen LogP contribution is 2.63. The molecule has 0 saturated heterocycles. The number of aliphatic carboxylic acids is 1. The molecule has 172 valence electrons. The van der Waals surface area contributed by atoms with Gasteiger partial charge in [0, 0.05) is 0 Å². The van der Waals surface area contributed by atoms with Gasteiger partial charge in [0.1, 0.15) is 0 Å². The second-order valence-electron chi connectivity index (χ2n) is 4.88. The minimum absolute atomic E-state index is 3.53. The van der Waals surface area contributed by atoms with Crippen LogP contribution in [-0.4, -0.2) is 52.8 Å². The van der Waals surface area contributed by atoms with Crippen LogP contribution < -0.4 is 0 Å². The van der Waals surface area contributed by atoms with Crippen LogP contribution >= 0.6 is 0 Å². The van der Waals surface area contributed by atoms with Crippen LogP contribution in [0.15, 0.2) is 11.7 Å². The summed E-state index contributed by atoms with van der Waals surface area (Å²) in [6.45, 7) is 0. The van der Waals surface area contributed by atoms with Crippen molar-refractivity contribution in [3.8, 4) is 0 Å². The monoisotopic (exact) mass is 476 g/mol. The molecule has 0 unspecified atom stereocenters. The molecule has 0 aromatic rings. The van der Waals surface area contributed by atoms with Gasteiger partial charge in [-0.15, -0.1) is 0 Å². The van der Waals surface area contributed by atoms with Crippen molar-refractivity contribution in [3.63, 3.8) is 0 Å². The van der Waals surface area contributed by atoms with Crippen LogP contribution in [0.1, 0.15) is 0 Å². The second kappa shape index (κ2) is 6.78. The number of rotatable bonds is 7. The van der Waals surface area contributed by atoms with Crippen molar-refractivity contribution in [2.24, 2.45) is 0 Å². The number of allylic oxidation sites excluding steroid dienone is 1. The Kier molecular flexibility index (Phi) is 6.32. The number of carbonyl (C=O) groups is 1. The molecule has 0 saturated carbocycles. The zero-order valence-corrected chi connectivity index (χ0v) is 12.3. The van der Waals surface area contributed by atoms with Crippen LogP contribution in [0.5, 0.6) is 0 Å². The van der Waals surface area contributed by atoms with Crippen molar-refractivity contribution in [1.29, 1.82) is 0 Å². The van der Waals surface area contributed by atoms with Crippen LogP contribution in [0.3, 0.4) is 0 Å². The van der Waals surface area contributed by atoms with E-state index >= 15 is 0 Å². The summed E-state index contributed by atoms with van der Waals surface area (Å²) >= 11 is 0. The highest BCUT2D eigenvalue weighted by atomic mass is 19.4. The molecule has 2 nitrogen and oxygen atoms in total. The smallest absolute Gasteiger partial charge is 0.460 e. The van der Waals surface area contributed by atoms with Gasteiger partial charge in [0.15, 0.2) is 0 Å². The van der Waals surface area contributed by atoms with E-state index in [9.17, 15) is 79.4 Å². The summed E-state index contributed by atoms with van der Waals surface area (Å²) in [6, 6.07) is 0. The van der Waals surface area contributed by atoms with E-state index in [0.717, 1.165) is 0 Å². The number of alkyl halides is 15. The van der Waals surface area contributed by atoms with Gasteiger partial charge in [-0.05, 0) is 0 Å². The number of hydrogen-bond acceptors (Lipinski definition) is 1. The Morgan fingerprint density at radius 1 is 0.517 bits per heavy atom. The molecule has 1 N–H and O–H groups in total. The van der Waals surface area contributed by atoms with E-state index in [1.54, 1.807) is 0 Å². The zero-order chi connectivity index (χ0) is 24.2. The Bertz CT molecular complexity index is 685. The first-order valence-electron chi connectivity index (χ1n) is 5.89. The van der Waals surface area contributed by atoms with Crippen molar-refractivity contribution in [2.45, 2.75) is 41.7 Å². The van der Waals surface area contributed by atoms with Gasteiger partial charge in [0.25, 0.3) is 0 Å². The lowest BCUT2D eigenvalue weighted by Gasteiger charge is -2.41. The quantitative estimate of drug-likeness (QED) is 0.384. The van der Waals surface area contributed by atoms with Crippen molar-refractivity contribution < 1.29 is 84.5 Å². The first-order valence-corrected chi connectivity index (χ1v) is 5.89. The van der Waals surface area contributed by atoms with Gasteiger partial charge in [-0.1, -0.05) is 0 Å². The zero-order valence-electron chi connectivity index (χ0n) is 12.3. The van der Waals surface area contributed by atoms with Gasteiger partial charge < -0.3 is 5.11 Å². The summed E-state index contributed by atoms with van der Waals surface area (Å²) in [5, 5.41) is 7.74. The van der Waals surface area contributed by atoms with E-state index in [-0.39, 0.29) is 0 Å². The Labute approximate surface area is 145 Å². The van der Waals surface area contributed by atoms with Gasteiger partial charge in [0.05, 0.1) is 0 Å². The lowest BCUT2D eigenvalue weighted by Crippen LogP contribution is -2.72. The molecule has 0 fully saturated rings. The van der Waals surface area contributed by atoms with E-state index in [1.165, 1.54) is 0 Å². The fourth-order valence-electron chi connectivity index (χ4n) is 1.34. The molecular weight excluding hydrogens is 475 g/mol. The predicted octanol–water partition coefficient (Wildman–Crippen LogP) is 5.60. The maximum Gasteiger partial charge on any atom is 0.460 e. The van der Waals surface area contributed by atoms with Gasteiger partial charge in [0.2, 0.25) is 11.7 Å². The average Bonchev–Trinajstić information content (AvgIpc) is 2.50. The van der Waals surface area contributed by atoms with Crippen molar-refractivity contribution in [2.75, 3.05) is 0 Å². The number of carboxylic acids is 1. The lowest BCUT2D eigenvalue weighted by molar-refractivity contribution is -0.450. The minimum Gasteiger partial charge on any atom is -0.476 e. The summed E-state index contributed by atoms with van der Waals surface area (Å²) in [7, 11) is 0. The standard InChI is InChI=1S/C10HF17O2/c11-1(3(28)29)2(12)4(13,14)5(15,16)6(17,18)7(19,20)8(21,22)9(23,24)10(25,26)27/h(H,28,29). The summed E-state index contributed by atoms with van der Waals surface area (Å²) in [5.74, 6) is -62.5. The normalized spacial score (nSPS) is 16.6. The van der Waals surface area contributed by atoms with E-state index in [1.807, 2.05) is 0 Å². The van der Waals surface area contributed by atoms with Crippen molar-refractivity contribution >= 4 is 5.97 Å². The van der Waals surface area contributed by atoms with Crippen molar-refractivity contribution in [1.82, 2.24) is 0 Å². The lowest BCUT2D eigenvalue weighted by atomic mass is 9.90. The first-order chi connectivity index (χ1) is 12.3. The molecule has 0 aliphatic carbocycles. The van der Waals surface area contributed by atoms with E-state index in [2.05, 4.69) is 0 Å². The Morgan fingerprint density at radius 2 is 0.793 bits per heavy atom. The van der Waals surface area contributed by atoms with Gasteiger partial charge in [-0.3, -0.25) is 0 Å². The van der Waals surface area contributed by atoms with E-state index < -0.39 is 59.3 Å². The molecule has 0 aliphatic rings. The molecule has 0 aliphatic heterocycles.